The number of carbonyl (C=O) groups is 1. The minimum Gasteiger partial charge on any atom is -0.493 e. The molecule has 27 heavy (non-hydrogen) atoms. The van der Waals surface area contributed by atoms with Crippen LogP contribution in [0.2, 0.25) is 0 Å². The van der Waals surface area contributed by atoms with Crippen LogP contribution in [0.15, 0.2) is 48.5 Å². The lowest BCUT2D eigenvalue weighted by Crippen LogP contribution is -2.26. The maximum Gasteiger partial charge on any atom is 0.232 e. The zero-order valence-electron chi connectivity index (χ0n) is 15.3. The minimum atomic E-state index is -0.246. The molecule has 0 radical (unpaired) electrons. The van der Waals surface area contributed by atoms with Gasteiger partial charge in [-0.1, -0.05) is 30.3 Å². The number of para-hydroxylation sites is 2. The van der Waals surface area contributed by atoms with Gasteiger partial charge in [-0.05, 0) is 48.9 Å². The second-order valence-corrected chi connectivity index (χ2v) is 6.80. The van der Waals surface area contributed by atoms with Crippen LogP contribution in [0.25, 0.3) is 11.4 Å². The highest BCUT2D eigenvalue weighted by Crippen LogP contribution is 2.35. The van der Waals surface area contributed by atoms with E-state index in [-0.39, 0.29) is 17.9 Å². The topological polar surface area (TPSA) is 81.9 Å². The Morgan fingerprint density at radius 2 is 1.96 bits per heavy atom. The Morgan fingerprint density at radius 3 is 2.81 bits per heavy atom. The van der Waals surface area contributed by atoms with E-state index in [1.54, 1.807) is 4.68 Å². The Hall–Kier alpha value is -3.22. The van der Waals surface area contributed by atoms with Crippen molar-refractivity contribution in [3.05, 3.63) is 54.1 Å². The summed E-state index contributed by atoms with van der Waals surface area (Å²) in [5, 5.41) is 15.1. The largest absolute Gasteiger partial charge is 0.493 e. The van der Waals surface area contributed by atoms with Crippen LogP contribution >= 0.6 is 0 Å². The SMILES string of the molecule is CC(C)n1nnnc1-c1ccccc1NC(=O)C1CCOc2ccccc21. The molecule has 0 saturated carbocycles. The third-order valence-corrected chi connectivity index (χ3v) is 4.68. The standard InChI is InChI=1S/C20H21N5O2/c1-13(2)25-19(22-23-24-25)16-8-3-5-9-17(16)21-20(26)15-11-12-27-18-10-6-4-7-14(15)18/h3-10,13,15H,11-12H2,1-2H3,(H,21,26). The van der Waals surface area contributed by atoms with Gasteiger partial charge in [0.2, 0.25) is 5.91 Å². The lowest BCUT2D eigenvalue weighted by atomic mass is 9.92. The molecule has 2 heterocycles. The first-order valence-electron chi connectivity index (χ1n) is 9.05. The molecule has 0 fully saturated rings. The first kappa shape index (κ1) is 17.2. The number of hydrogen-bond donors (Lipinski definition) is 1. The van der Waals surface area contributed by atoms with Gasteiger partial charge < -0.3 is 10.1 Å². The van der Waals surface area contributed by atoms with Crippen LogP contribution in [0.1, 0.15) is 37.8 Å². The van der Waals surface area contributed by atoms with Crippen molar-refractivity contribution in [3.63, 3.8) is 0 Å². The smallest absolute Gasteiger partial charge is 0.232 e. The molecule has 1 aliphatic rings. The summed E-state index contributed by atoms with van der Waals surface area (Å²) in [7, 11) is 0. The fraction of sp³-hybridized carbons (Fsp3) is 0.300. The van der Waals surface area contributed by atoms with Gasteiger partial charge in [-0.15, -0.1) is 5.10 Å². The van der Waals surface area contributed by atoms with Crippen molar-refractivity contribution in [2.75, 3.05) is 11.9 Å². The predicted molar refractivity (Wildman–Crippen MR) is 102 cm³/mol. The van der Waals surface area contributed by atoms with Crippen molar-refractivity contribution in [2.24, 2.45) is 0 Å². The molecule has 0 saturated heterocycles. The summed E-state index contributed by atoms with van der Waals surface area (Å²) in [6.07, 6.45) is 0.648. The molecule has 7 nitrogen and oxygen atoms in total. The highest BCUT2D eigenvalue weighted by Gasteiger charge is 2.28. The molecular weight excluding hydrogens is 342 g/mol. The lowest BCUT2D eigenvalue weighted by molar-refractivity contribution is -0.118. The maximum absolute atomic E-state index is 13.0. The van der Waals surface area contributed by atoms with Crippen LogP contribution in [0, 0.1) is 0 Å². The monoisotopic (exact) mass is 363 g/mol. The number of benzene rings is 2. The van der Waals surface area contributed by atoms with Gasteiger partial charge in [0, 0.05) is 11.1 Å². The van der Waals surface area contributed by atoms with Crippen LogP contribution in [0.3, 0.4) is 0 Å². The van der Waals surface area contributed by atoms with E-state index in [9.17, 15) is 4.79 Å². The second kappa shape index (κ2) is 7.19. The van der Waals surface area contributed by atoms with Gasteiger partial charge in [0.25, 0.3) is 0 Å². The Labute approximate surface area is 157 Å². The van der Waals surface area contributed by atoms with Gasteiger partial charge in [0.1, 0.15) is 5.75 Å². The van der Waals surface area contributed by atoms with Gasteiger partial charge in [0.05, 0.1) is 24.3 Å². The number of amides is 1. The minimum absolute atomic E-state index is 0.0539. The molecule has 3 aromatic rings. The fourth-order valence-electron chi connectivity index (χ4n) is 3.34. The quantitative estimate of drug-likeness (QED) is 0.768. The summed E-state index contributed by atoms with van der Waals surface area (Å²) in [6.45, 7) is 4.56. The molecule has 0 spiro atoms. The van der Waals surface area contributed by atoms with Gasteiger partial charge in [-0.3, -0.25) is 4.79 Å². The number of aromatic nitrogens is 4. The van der Waals surface area contributed by atoms with E-state index in [1.807, 2.05) is 62.4 Å². The Morgan fingerprint density at radius 1 is 1.19 bits per heavy atom. The van der Waals surface area contributed by atoms with E-state index in [1.165, 1.54) is 0 Å². The summed E-state index contributed by atoms with van der Waals surface area (Å²) in [5.74, 6) is 1.11. The number of hydrogen-bond acceptors (Lipinski definition) is 5. The molecule has 0 aliphatic carbocycles. The normalized spacial score (nSPS) is 15.9. The van der Waals surface area contributed by atoms with Crippen molar-refractivity contribution in [1.82, 2.24) is 20.2 Å². The zero-order chi connectivity index (χ0) is 18.8. The van der Waals surface area contributed by atoms with E-state index in [4.69, 9.17) is 4.74 Å². The Kier molecular flexibility index (Phi) is 4.58. The van der Waals surface area contributed by atoms with Crippen LogP contribution < -0.4 is 10.1 Å². The number of fused-ring (bicyclic) bond motifs is 1. The van der Waals surface area contributed by atoms with Crippen LogP contribution in [-0.2, 0) is 4.79 Å². The molecule has 4 rings (SSSR count). The van der Waals surface area contributed by atoms with Crippen molar-refractivity contribution in [1.29, 1.82) is 0 Å². The molecule has 138 valence electrons. The van der Waals surface area contributed by atoms with Crippen molar-refractivity contribution in [3.8, 4) is 17.1 Å². The summed E-state index contributed by atoms with van der Waals surface area (Å²) in [5.41, 5.74) is 2.42. The maximum atomic E-state index is 13.0. The summed E-state index contributed by atoms with van der Waals surface area (Å²) < 4.78 is 7.41. The molecule has 1 N–H and O–H groups in total. The van der Waals surface area contributed by atoms with Gasteiger partial charge in [-0.25, -0.2) is 4.68 Å². The average Bonchev–Trinajstić information content (AvgIpc) is 3.18. The number of carbonyl (C=O) groups excluding carboxylic acids is 1. The lowest BCUT2D eigenvalue weighted by Gasteiger charge is -2.25. The van der Waals surface area contributed by atoms with Gasteiger partial charge >= 0.3 is 0 Å². The van der Waals surface area contributed by atoms with Gasteiger partial charge in [0.15, 0.2) is 5.82 Å². The van der Waals surface area contributed by atoms with Gasteiger partial charge in [-0.2, -0.15) is 0 Å². The summed E-state index contributed by atoms with van der Waals surface area (Å²) in [6, 6.07) is 15.4. The summed E-state index contributed by atoms with van der Waals surface area (Å²) in [4.78, 5) is 13.0. The van der Waals surface area contributed by atoms with E-state index in [0.717, 1.165) is 16.9 Å². The van der Waals surface area contributed by atoms with Crippen molar-refractivity contribution < 1.29 is 9.53 Å². The molecule has 1 unspecified atom stereocenters. The number of rotatable bonds is 4. The third kappa shape index (κ3) is 3.28. The van der Waals surface area contributed by atoms with Crippen LogP contribution in [0.4, 0.5) is 5.69 Å². The first-order chi connectivity index (χ1) is 13.1. The highest BCUT2D eigenvalue weighted by molar-refractivity contribution is 5.99. The molecule has 7 heteroatoms. The number of nitrogens with zero attached hydrogens (tertiary/aromatic N) is 4. The van der Waals surface area contributed by atoms with E-state index >= 15 is 0 Å². The molecule has 1 aliphatic heterocycles. The Bertz CT molecular complexity index is 966. The fourth-order valence-corrected chi connectivity index (χ4v) is 3.34. The number of anilines is 1. The first-order valence-corrected chi connectivity index (χ1v) is 9.05. The molecule has 1 amide bonds. The van der Waals surface area contributed by atoms with E-state index < -0.39 is 0 Å². The third-order valence-electron chi connectivity index (χ3n) is 4.68. The van der Waals surface area contributed by atoms with E-state index in [0.29, 0.717) is 24.5 Å². The second-order valence-electron chi connectivity index (χ2n) is 6.80. The molecule has 1 atom stereocenters. The summed E-state index contributed by atoms with van der Waals surface area (Å²) >= 11 is 0. The Balaban J connectivity index is 1.65. The molecule has 1 aromatic heterocycles. The molecular formula is C20H21N5O2. The molecule has 0 bridgehead atoms. The van der Waals surface area contributed by atoms with Crippen LogP contribution in [0.5, 0.6) is 5.75 Å². The molecule has 2 aromatic carbocycles. The number of ether oxygens (including phenoxy) is 1. The van der Waals surface area contributed by atoms with Crippen LogP contribution in [-0.4, -0.2) is 32.7 Å². The number of tetrazole rings is 1. The van der Waals surface area contributed by atoms with Crippen molar-refractivity contribution >= 4 is 11.6 Å². The highest BCUT2D eigenvalue weighted by atomic mass is 16.5. The number of nitrogens with one attached hydrogen (secondary N) is 1. The predicted octanol–water partition coefficient (Wildman–Crippen LogP) is 3.43. The average molecular weight is 363 g/mol. The van der Waals surface area contributed by atoms with Crippen molar-refractivity contribution in [2.45, 2.75) is 32.2 Å². The zero-order valence-corrected chi connectivity index (χ0v) is 15.3. The van der Waals surface area contributed by atoms with E-state index in [2.05, 4.69) is 20.8 Å².